The van der Waals surface area contributed by atoms with Crippen LogP contribution in [0.5, 0.6) is 0 Å². The fourth-order valence-electron chi connectivity index (χ4n) is 1.99. The number of Topliss-reactive ketones (excluding diaryl/α,β-unsaturated/α-hetero) is 2. The predicted octanol–water partition coefficient (Wildman–Crippen LogP) is 1.98. The molecule has 0 amide bonds. The van der Waals surface area contributed by atoms with Crippen LogP contribution in [0.25, 0.3) is 0 Å². The zero-order valence-corrected chi connectivity index (χ0v) is 8.17. The first kappa shape index (κ1) is 9.13. The highest BCUT2D eigenvalue weighted by atomic mass is 16.1. The summed E-state index contributed by atoms with van der Waals surface area (Å²) in [6.07, 6.45) is 4.68. The SMILES string of the molecule is C=C1CC=CC2=C1C(=O)C[C@@H](C)C2=O. The number of hydrogen-bond donors (Lipinski definition) is 0. The molecule has 0 saturated heterocycles. The van der Waals surface area contributed by atoms with Gasteiger partial charge in [0, 0.05) is 23.5 Å². The van der Waals surface area contributed by atoms with Crippen molar-refractivity contribution in [1.82, 2.24) is 0 Å². The predicted molar refractivity (Wildman–Crippen MR) is 53.7 cm³/mol. The largest absolute Gasteiger partial charge is 0.294 e. The number of carbonyl (C=O) groups is 2. The Morgan fingerprint density at radius 2 is 2.14 bits per heavy atom. The van der Waals surface area contributed by atoms with Gasteiger partial charge in [0.25, 0.3) is 0 Å². The van der Waals surface area contributed by atoms with Gasteiger partial charge in [-0.2, -0.15) is 0 Å². The van der Waals surface area contributed by atoms with Crippen molar-refractivity contribution in [3.8, 4) is 0 Å². The van der Waals surface area contributed by atoms with Crippen LogP contribution < -0.4 is 0 Å². The molecule has 1 atom stereocenters. The summed E-state index contributed by atoms with van der Waals surface area (Å²) >= 11 is 0. The van der Waals surface area contributed by atoms with Gasteiger partial charge in [0.05, 0.1) is 0 Å². The minimum absolute atomic E-state index is 0.0708. The van der Waals surface area contributed by atoms with Crippen LogP contribution in [0.4, 0.5) is 0 Å². The lowest BCUT2D eigenvalue weighted by Gasteiger charge is -2.24. The van der Waals surface area contributed by atoms with Gasteiger partial charge in [0.2, 0.25) is 0 Å². The van der Waals surface area contributed by atoms with Crippen molar-refractivity contribution in [1.29, 1.82) is 0 Å². The van der Waals surface area contributed by atoms with E-state index in [1.165, 1.54) is 0 Å². The van der Waals surface area contributed by atoms with Crippen molar-refractivity contribution in [2.24, 2.45) is 5.92 Å². The Morgan fingerprint density at radius 1 is 1.43 bits per heavy atom. The average molecular weight is 188 g/mol. The highest BCUT2D eigenvalue weighted by molar-refractivity contribution is 6.16. The van der Waals surface area contributed by atoms with Crippen LogP contribution in [0.1, 0.15) is 19.8 Å². The summed E-state index contributed by atoms with van der Waals surface area (Å²) in [6.45, 7) is 5.63. The van der Waals surface area contributed by atoms with E-state index in [-0.39, 0.29) is 17.5 Å². The third-order valence-corrected chi connectivity index (χ3v) is 2.76. The lowest BCUT2D eigenvalue weighted by molar-refractivity contribution is -0.125. The molecule has 0 aromatic heterocycles. The molecular weight excluding hydrogens is 176 g/mol. The molecule has 0 heterocycles. The number of rotatable bonds is 0. The first-order valence-electron chi connectivity index (χ1n) is 4.77. The summed E-state index contributed by atoms with van der Waals surface area (Å²) in [4.78, 5) is 23.4. The Kier molecular flexibility index (Phi) is 1.99. The normalized spacial score (nSPS) is 26.9. The van der Waals surface area contributed by atoms with Crippen LogP contribution in [0.2, 0.25) is 0 Å². The van der Waals surface area contributed by atoms with Gasteiger partial charge < -0.3 is 0 Å². The maximum atomic E-state index is 11.7. The minimum atomic E-state index is -0.170. The summed E-state index contributed by atoms with van der Waals surface area (Å²) in [6, 6.07) is 0. The van der Waals surface area contributed by atoms with Gasteiger partial charge in [-0.05, 0) is 12.0 Å². The van der Waals surface area contributed by atoms with Crippen molar-refractivity contribution in [3.05, 3.63) is 35.5 Å². The smallest absolute Gasteiger partial charge is 0.166 e. The molecule has 0 fully saturated rings. The van der Waals surface area contributed by atoms with Gasteiger partial charge in [-0.25, -0.2) is 0 Å². The maximum Gasteiger partial charge on any atom is 0.166 e. The van der Waals surface area contributed by atoms with Gasteiger partial charge in [-0.1, -0.05) is 25.7 Å². The topological polar surface area (TPSA) is 34.1 Å². The molecule has 2 rings (SSSR count). The lowest BCUT2D eigenvalue weighted by atomic mass is 9.77. The Morgan fingerprint density at radius 3 is 2.86 bits per heavy atom. The minimum Gasteiger partial charge on any atom is -0.294 e. The zero-order valence-electron chi connectivity index (χ0n) is 8.17. The van der Waals surface area contributed by atoms with Crippen molar-refractivity contribution >= 4 is 11.6 Å². The van der Waals surface area contributed by atoms with Gasteiger partial charge in [0.15, 0.2) is 11.6 Å². The number of allylic oxidation sites excluding steroid dienone is 5. The van der Waals surface area contributed by atoms with Crippen LogP contribution in [-0.2, 0) is 9.59 Å². The number of carbonyl (C=O) groups excluding carboxylic acids is 2. The third kappa shape index (κ3) is 1.18. The molecule has 0 aliphatic heterocycles. The molecule has 0 bridgehead atoms. The third-order valence-electron chi connectivity index (χ3n) is 2.76. The molecule has 72 valence electrons. The second kappa shape index (κ2) is 3.05. The highest BCUT2D eigenvalue weighted by Crippen LogP contribution is 2.32. The molecule has 2 aliphatic carbocycles. The molecule has 2 heteroatoms. The molecule has 0 spiro atoms. The fraction of sp³-hybridized carbons (Fsp3) is 0.333. The van der Waals surface area contributed by atoms with Gasteiger partial charge in [-0.15, -0.1) is 0 Å². The van der Waals surface area contributed by atoms with Crippen LogP contribution in [0.3, 0.4) is 0 Å². The first-order valence-corrected chi connectivity index (χ1v) is 4.77. The number of ketones is 2. The molecule has 14 heavy (non-hydrogen) atoms. The molecular formula is C12H12O2. The van der Waals surface area contributed by atoms with Gasteiger partial charge >= 0.3 is 0 Å². The summed E-state index contributed by atoms with van der Waals surface area (Å²) in [5.41, 5.74) is 1.94. The molecule has 2 nitrogen and oxygen atoms in total. The molecule has 0 saturated carbocycles. The fourth-order valence-corrected chi connectivity index (χ4v) is 1.99. The van der Waals surface area contributed by atoms with Gasteiger partial charge in [-0.3, -0.25) is 9.59 Å². The molecule has 0 aromatic carbocycles. The summed E-state index contributed by atoms with van der Waals surface area (Å²) in [5.74, 6) is -0.0186. The van der Waals surface area contributed by atoms with E-state index >= 15 is 0 Å². The van der Waals surface area contributed by atoms with E-state index in [1.54, 1.807) is 13.0 Å². The number of hydrogen-bond acceptors (Lipinski definition) is 2. The van der Waals surface area contributed by atoms with Crippen molar-refractivity contribution < 1.29 is 9.59 Å². The van der Waals surface area contributed by atoms with E-state index in [2.05, 4.69) is 6.58 Å². The van der Waals surface area contributed by atoms with Crippen molar-refractivity contribution in [3.63, 3.8) is 0 Å². The average Bonchev–Trinajstić information content (AvgIpc) is 2.14. The quantitative estimate of drug-likeness (QED) is 0.582. The molecule has 2 aliphatic rings. The van der Waals surface area contributed by atoms with Crippen molar-refractivity contribution in [2.75, 3.05) is 0 Å². The van der Waals surface area contributed by atoms with Crippen molar-refractivity contribution in [2.45, 2.75) is 19.8 Å². The van der Waals surface area contributed by atoms with Crippen LogP contribution in [0, 0.1) is 5.92 Å². The summed E-state index contributed by atoms with van der Waals surface area (Å²) in [7, 11) is 0. The van der Waals surface area contributed by atoms with E-state index in [0.29, 0.717) is 24.0 Å². The van der Waals surface area contributed by atoms with E-state index < -0.39 is 0 Å². The van der Waals surface area contributed by atoms with Crippen LogP contribution >= 0.6 is 0 Å². The standard InChI is InChI=1S/C12H12O2/c1-7-4-3-5-9-11(7)10(13)6-8(2)12(9)14/h3,5,8H,1,4,6H2,2H3/t8-/m1/s1. The Bertz CT molecular complexity index is 397. The molecule has 0 aromatic rings. The Hall–Kier alpha value is -1.44. The second-order valence-electron chi connectivity index (χ2n) is 3.89. The maximum absolute atomic E-state index is 11.7. The Balaban J connectivity index is 2.57. The molecule has 0 N–H and O–H groups in total. The first-order chi connectivity index (χ1) is 6.61. The van der Waals surface area contributed by atoms with E-state index in [0.717, 1.165) is 5.57 Å². The summed E-state index contributed by atoms with van der Waals surface area (Å²) in [5, 5.41) is 0. The van der Waals surface area contributed by atoms with Gasteiger partial charge in [0.1, 0.15) is 0 Å². The summed E-state index contributed by atoms with van der Waals surface area (Å²) < 4.78 is 0. The van der Waals surface area contributed by atoms with Crippen LogP contribution in [-0.4, -0.2) is 11.6 Å². The molecule has 0 unspecified atom stereocenters. The van der Waals surface area contributed by atoms with E-state index in [1.807, 2.05) is 6.08 Å². The van der Waals surface area contributed by atoms with E-state index in [9.17, 15) is 9.59 Å². The monoisotopic (exact) mass is 188 g/mol. The van der Waals surface area contributed by atoms with E-state index in [4.69, 9.17) is 0 Å². The lowest BCUT2D eigenvalue weighted by Crippen LogP contribution is -2.27. The molecule has 0 radical (unpaired) electrons. The zero-order chi connectivity index (χ0) is 10.3. The van der Waals surface area contributed by atoms with Crippen LogP contribution in [0.15, 0.2) is 35.5 Å². The highest BCUT2D eigenvalue weighted by Gasteiger charge is 2.32. The Labute approximate surface area is 83.0 Å². The second-order valence-corrected chi connectivity index (χ2v) is 3.89.